The van der Waals surface area contributed by atoms with E-state index >= 15 is 0 Å². The Labute approximate surface area is 190 Å². The first-order valence-corrected chi connectivity index (χ1v) is 9.93. The van der Waals surface area contributed by atoms with Crippen molar-refractivity contribution in [1.82, 2.24) is 20.7 Å². The highest BCUT2D eigenvalue weighted by molar-refractivity contribution is 14.0. The van der Waals surface area contributed by atoms with Gasteiger partial charge in [0.2, 0.25) is 0 Å². The molecule has 0 spiro atoms. The highest BCUT2D eigenvalue weighted by Gasteiger charge is 2.21. The summed E-state index contributed by atoms with van der Waals surface area (Å²) in [4.78, 5) is 6.76. The number of benzene rings is 1. The van der Waals surface area contributed by atoms with Crippen LogP contribution in [0.2, 0.25) is 0 Å². The Hall–Kier alpha value is -1.65. The van der Waals surface area contributed by atoms with Crippen molar-refractivity contribution in [2.24, 2.45) is 10.9 Å². The van der Waals surface area contributed by atoms with Gasteiger partial charge in [0.25, 0.3) is 0 Å². The van der Waals surface area contributed by atoms with Crippen LogP contribution in [-0.2, 0) is 11.3 Å². The molecule has 160 valence electrons. The molecule has 1 aromatic carbocycles. The van der Waals surface area contributed by atoms with Gasteiger partial charge >= 0.3 is 0 Å². The largest absolute Gasteiger partial charge is 0.374 e. The molecule has 2 heterocycles. The molecule has 0 aliphatic carbocycles. The lowest BCUT2D eigenvalue weighted by atomic mass is 10.2. The molecule has 2 aromatic rings. The number of guanidine groups is 1. The fraction of sp³-hybridized carbons (Fsp3) is 0.524. The van der Waals surface area contributed by atoms with E-state index in [0.29, 0.717) is 12.5 Å². The molecule has 1 unspecified atom stereocenters. The zero-order chi connectivity index (χ0) is 19.8. The number of nitrogens with zero attached hydrogens (tertiary/aromatic N) is 3. The normalized spacial score (nSPS) is 17.8. The highest BCUT2D eigenvalue weighted by atomic mass is 127. The average Bonchev–Trinajstić information content (AvgIpc) is 3.18. The number of aromatic nitrogens is 1. The van der Waals surface area contributed by atoms with Crippen LogP contribution >= 0.6 is 24.0 Å². The molecule has 1 aliphatic heterocycles. The molecular formula is C21H32IN5O2. The van der Waals surface area contributed by atoms with Gasteiger partial charge in [-0.1, -0.05) is 49.3 Å². The molecule has 0 bridgehead atoms. The summed E-state index contributed by atoms with van der Waals surface area (Å²) in [7, 11) is 1.76. The summed E-state index contributed by atoms with van der Waals surface area (Å²) >= 11 is 0. The maximum absolute atomic E-state index is 5.89. The zero-order valence-electron chi connectivity index (χ0n) is 17.4. The summed E-state index contributed by atoms with van der Waals surface area (Å²) in [6.07, 6.45) is 0.169. The summed E-state index contributed by atoms with van der Waals surface area (Å²) in [5.41, 5.74) is 1.85. The Bertz CT molecular complexity index is 751. The van der Waals surface area contributed by atoms with Crippen LogP contribution in [0.15, 0.2) is 45.9 Å². The molecule has 1 fully saturated rings. The predicted octanol–water partition coefficient (Wildman–Crippen LogP) is 2.98. The molecule has 1 aliphatic rings. The number of ether oxygens (including phenoxy) is 1. The molecule has 0 radical (unpaired) electrons. The number of nitrogens with one attached hydrogen (secondary N) is 2. The van der Waals surface area contributed by atoms with Crippen molar-refractivity contribution in [3.8, 4) is 11.3 Å². The summed E-state index contributed by atoms with van der Waals surface area (Å²) in [6.45, 7) is 9.63. The maximum Gasteiger partial charge on any atom is 0.191 e. The summed E-state index contributed by atoms with van der Waals surface area (Å²) in [5, 5.41) is 10.8. The molecule has 8 heteroatoms. The van der Waals surface area contributed by atoms with Gasteiger partial charge < -0.3 is 19.9 Å². The van der Waals surface area contributed by atoms with E-state index in [0.717, 1.165) is 55.8 Å². The number of hydrogen-bond donors (Lipinski definition) is 2. The van der Waals surface area contributed by atoms with Crippen LogP contribution in [0.1, 0.15) is 19.5 Å². The van der Waals surface area contributed by atoms with Crippen LogP contribution in [0.5, 0.6) is 0 Å². The third-order valence-corrected chi connectivity index (χ3v) is 4.62. The van der Waals surface area contributed by atoms with E-state index in [-0.39, 0.29) is 30.1 Å². The standard InChI is InChI=1S/C21H31N5O2.HI/c1-16(2)14-26-9-10-27-19(15-26)13-24-21(22-3)23-12-18-11-20(28-25-18)17-7-5-4-6-8-17;/h4-8,11,16,19H,9-10,12-15H2,1-3H3,(H2,22,23,24);1H. The topological polar surface area (TPSA) is 74.9 Å². The molecule has 7 nitrogen and oxygen atoms in total. The highest BCUT2D eigenvalue weighted by Crippen LogP contribution is 2.19. The van der Waals surface area contributed by atoms with Gasteiger partial charge in [0.15, 0.2) is 11.7 Å². The Morgan fingerprint density at radius 1 is 1.28 bits per heavy atom. The van der Waals surface area contributed by atoms with Gasteiger partial charge in [0, 0.05) is 44.9 Å². The van der Waals surface area contributed by atoms with E-state index in [1.54, 1.807) is 7.05 Å². The lowest BCUT2D eigenvalue weighted by Crippen LogP contribution is -2.50. The lowest BCUT2D eigenvalue weighted by molar-refractivity contribution is -0.0284. The van der Waals surface area contributed by atoms with Gasteiger partial charge in [-0.2, -0.15) is 0 Å². The number of rotatable bonds is 7. The van der Waals surface area contributed by atoms with Gasteiger partial charge in [0.05, 0.1) is 19.3 Å². The Kier molecular flexibility index (Phi) is 9.89. The first-order valence-electron chi connectivity index (χ1n) is 9.93. The zero-order valence-corrected chi connectivity index (χ0v) is 19.8. The van der Waals surface area contributed by atoms with E-state index in [1.807, 2.05) is 36.4 Å². The van der Waals surface area contributed by atoms with E-state index in [1.165, 1.54) is 0 Å². The third-order valence-electron chi connectivity index (χ3n) is 4.62. The molecule has 29 heavy (non-hydrogen) atoms. The van der Waals surface area contributed by atoms with E-state index < -0.39 is 0 Å². The fourth-order valence-corrected chi connectivity index (χ4v) is 3.33. The van der Waals surface area contributed by atoms with Crippen LogP contribution in [0, 0.1) is 5.92 Å². The second kappa shape index (κ2) is 12.1. The molecule has 0 amide bonds. The molecule has 2 N–H and O–H groups in total. The van der Waals surface area contributed by atoms with Crippen molar-refractivity contribution in [1.29, 1.82) is 0 Å². The smallest absolute Gasteiger partial charge is 0.191 e. The van der Waals surface area contributed by atoms with E-state index in [2.05, 4.69) is 39.5 Å². The monoisotopic (exact) mass is 513 g/mol. The van der Waals surface area contributed by atoms with E-state index in [9.17, 15) is 0 Å². The van der Waals surface area contributed by atoms with Gasteiger partial charge in [-0.05, 0) is 5.92 Å². The molecule has 3 rings (SSSR count). The Morgan fingerprint density at radius 2 is 2.07 bits per heavy atom. The molecule has 1 atom stereocenters. The minimum Gasteiger partial charge on any atom is -0.374 e. The van der Waals surface area contributed by atoms with Crippen molar-refractivity contribution >= 4 is 29.9 Å². The van der Waals surface area contributed by atoms with Gasteiger partial charge in [-0.25, -0.2) is 0 Å². The van der Waals surface area contributed by atoms with Crippen molar-refractivity contribution in [2.75, 3.05) is 39.8 Å². The number of aliphatic imine (C=N–C) groups is 1. The average molecular weight is 513 g/mol. The molecule has 0 saturated carbocycles. The SMILES string of the molecule is CN=C(NCc1cc(-c2ccccc2)on1)NCC1CN(CC(C)C)CCO1.I. The maximum atomic E-state index is 5.89. The summed E-state index contributed by atoms with van der Waals surface area (Å²) in [6, 6.07) is 11.9. The molecular weight excluding hydrogens is 481 g/mol. The van der Waals surface area contributed by atoms with Crippen molar-refractivity contribution < 1.29 is 9.26 Å². The second-order valence-corrected chi connectivity index (χ2v) is 7.50. The number of morpholine rings is 1. The molecule has 1 saturated heterocycles. The van der Waals surface area contributed by atoms with Gasteiger partial charge in [-0.3, -0.25) is 9.89 Å². The summed E-state index contributed by atoms with van der Waals surface area (Å²) in [5.74, 6) is 2.17. The Morgan fingerprint density at radius 3 is 2.79 bits per heavy atom. The lowest BCUT2D eigenvalue weighted by Gasteiger charge is -2.34. The fourth-order valence-electron chi connectivity index (χ4n) is 3.33. The third kappa shape index (κ3) is 7.60. The van der Waals surface area contributed by atoms with Gasteiger partial charge in [0.1, 0.15) is 5.69 Å². The number of halogens is 1. The van der Waals surface area contributed by atoms with E-state index in [4.69, 9.17) is 9.26 Å². The summed E-state index contributed by atoms with van der Waals surface area (Å²) < 4.78 is 11.3. The van der Waals surface area contributed by atoms with Crippen molar-refractivity contribution in [2.45, 2.75) is 26.5 Å². The Balaban J connectivity index is 0.00000300. The minimum absolute atomic E-state index is 0. The predicted molar refractivity (Wildman–Crippen MR) is 127 cm³/mol. The van der Waals surface area contributed by atoms with Crippen molar-refractivity contribution in [3.63, 3.8) is 0 Å². The number of hydrogen-bond acceptors (Lipinski definition) is 5. The van der Waals surface area contributed by atoms with Crippen LogP contribution in [0.3, 0.4) is 0 Å². The quantitative estimate of drug-likeness (QED) is 0.337. The minimum atomic E-state index is 0. The first kappa shape index (κ1) is 23.6. The van der Waals surface area contributed by atoms with Crippen molar-refractivity contribution in [3.05, 3.63) is 42.1 Å². The molecule has 1 aromatic heterocycles. The van der Waals surface area contributed by atoms with Crippen LogP contribution < -0.4 is 10.6 Å². The second-order valence-electron chi connectivity index (χ2n) is 7.50. The van der Waals surface area contributed by atoms with Crippen LogP contribution in [0.4, 0.5) is 0 Å². The van der Waals surface area contributed by atoms with Crippen LogP contribution in [-0.4, -0.2) is 62.0 Å². The van der Waals surface area contributed by atoms with Crippen LogP contribution in [0.25, 0.3) is 11.3 Å². The van der Waals surface area contributed by atoms with Gasteiger partial charge in [-0.15, -0.1) is 24.0 Å². The first-order chi connectivity index (χ1) is 13.6.